The number of aromatic nitrogens is 2. The highest BCUT2D eigenvalue weighted by molar-refractivity contribution is 6.36. The highest BCUT2D eigenvalue weighted by Gasteiger charge is 2.43. The number of ether oxygens (including phenoxy) is 1. The van der Waals surface area contributed by atoms with Crippen molar-refractivity contribution in [3.8, 4) is 17.1 Å². The summed E-state index contributed by atoms with van der Waals surface area (Å²) in [6, 6.07) is 14.9. The molecular formula is C31H37Cl2N5O3. The molecule has 2 N–H and O–H groups in total. The van der Waals surface area contributed by atoms with E-state index in [1.54, 1.807) is 6.20 Å². The average molecular weight is 599 g/mol. The molecule has 3 aliphatic rings. The number of benzene rings is 1. The monoisotopic (exact) mass is 597 g/mol. The molecule has 1 atom stereocenters. The van der Waals surface area contributed by atoms with Crippen molar-refractivity contribution in [2.75, 3.05) is 44.2 Å². The summed E-state index contributed by atoms with van der Waals surface area (Å²) < 4.78 is 5.83. The zero-order chi connectivity index (χ0) is 28.8. The summed E-state index contributed by atoms with van der Waals surface area (Å²) in [5.74, 6) is 0.646. The van der Waals surface area contributed by atoms with Crippen molar-refractivity contribution in [3.63, 3.8) is 0 Å². The largest absolute Gasteiger partial charge is 0.483 e. The molecule has 1 aromatic carbocycles. The second-order valence-electron chi connectivity index (χ2n) is 10.9. The van der Waals surface area contributed by atoms with Crippen LogP contribution in [0.5, 0.6) is 5.88 Å². The van der Waals surface area contributed by atoms with E-state index in [0.29, 0.717) is 23.6 Å². The van der Waals surface area contributed by atoms with E-state index in [-0.39, 0.29) is 11.9 Å². The topological polar surface area (TPSA) is 90.8 Å². The van der Waals surface area contributed by atoms with Gasteiger partial charge in [0.2, 0.25) is 5.88 Å². The van der Waals surface area contributed by atoms with Crippen LogP contribution < -0.4 is 15.0 Å². The van der Waals surface area contributed by atoms with Crippen molar-refractivity contribution in [3.05, 3.63) is 70.0 Å². The van der Waals surface area contributed by atoms with Gasteiger partial charge in [-0.25, -0.2) is 4.98 Å². The van der Waals surface area contributed by atoms with Crippen LogP contribution in [0.15, 0.2) is 48.7 Å². The van der Waals surface area contributed by atoms with E-state index in [2.05, 4.69) is 38.3 Å². The van der Waals surface area contributed by atoms with Crippen molar-refractivity contribution in [1.29, 1.82) is 0 Å². The summed E-state index contributed by atoms with van der Waals surface area (Å²) in [5.41, 5.74) is 5.62. The fraction of sp³-hybridized carbons (Fsp3) is 0.452. The lowest BCUT2D eigenvalue weighted by atomic mass is 9.69. The first-order chi connectivity index (χ1) is 20.0. The normalized spacial score (nSPS) is 19.8. The number of nitrogens with one attached hydrogen (secondary N) is 1. The first-order valence-electron chi connectivity index (χ1n) is 14.3. The lowest BCUT2D eigenvalue weighted by Gasteiger charge is -2.49. The van der Waals surface area contributed by atoms with E-state index >= 15 is 0 Å². The zero-order valence-corrected chi connectivity index (χ0v) is 24.9. The van der Waals surface area contributed by atoms with Gasteiger partial charge in [-0.05, 0) is 81.1 Å². The van der Waals surface area contributed by atoms with Crippen molar-refractivity contribution < 1.29 is 14.6 Å². The molecule has 0 radical (unpaired) electrons. The lowest BCUT2D eigenvalue weighted by molar-refractivity contribution is -0.122. The standard InChI is InChI=1S/C30H35Cl2N5O.CH2O2/c1-2-38-29-23(6-4-14-34-29)26-9-8-24-27(35-26)19-36(18-22-5-3-13-33-22)20-30(24)11-15-37(16-12-30)28-10-7-21(31)17-25(28)32;2-1-3/h4,6-10,14,17,22,33H,2-3,5,11-13,15-16,18-20H2,1H3;1H,(H,2,3)/t22-;/m1./s1. The molecule has 3 aromatic rings. The number of rotatable bonds is 6. The average Bonchev–Trinajstić information content (AvgIpc) is 3.48. The molecule has 6 rings (SSSR count). The molecular weight excluding hydrogens is 561 g/mol. The van der Waals surface area contributed by atoms with Crippen LogP contribution in [0.4, 0.5) is 5.69 Å². The molecule has 0 bridgehead atoms. The minimum atomic E-state index is -0.250. The molecule has 5 heterocycles. The van der Waals surface area contributed by atoms with Crippen molar-refractivity contribution in [1.82, 2.24) is 20.2 Å². The molecule has 0 saturated carbocycles. The van der Waals surface area contributed by atoms with Gasteiger partial charge in [0.15, 0.2) is 0 Å². The molecule has 1 spiro atoms. The van der Waals surface area contributed by atoms with E-state index in [9.17, 15) is 0 Å². The summed E-state index contributed by atoms with van der Waals surface area (Å²) in [6.07, 6.45) is 6.41. The molecule has 3 aliphatic heterocycles. The molecule has 2 aromatic heterocycles. The van der Waals surface area contributed by atoms with Crippen molar-refractivity contribution in [2.24, 2.45) is 0 Å². The summed E-state index contributed by atoms with van der Waals surface area (Å²) in [4.78, 5) is 23.1. The molecule has 0 amide bonds. The van der Waals surface area contributed by atoms with Gasteiger partial charge >= 0.3 is 0 Å². The molecule has 2 fully saturated rings. The van der Waals surface area contributed by atoms with Gasteiger partial charge in [0.05, 0.1) is 34.3 Å². The summed E-state index contributed by atoms with van der Waals surface area (Å²) in [5, 5.41) is 12.0. The summed E-state index contributed by atoms with van der Waals surface area (Å²) in [6.45, 7) is 8.36. The van der Waals surface area contributed by atoms with Gasteiger partial charge in [0.25, 0.3) is 6.47 Å². The Morgan fingerprint density at radius 3 is 2.71 bits per heavy atom. The second kappa shape index (κ2) is 13.4. The van der Waals surface area contributed by atoms with E-state index in [1.165, 1.54) is 24.1 Å². The Morgan fingerprint density at radius 2 is 2.00 bits per heavy atom. The molecule has 2 saturated heterocycles. The molecule has 0 aliphatic carbocycles. The number of halogens is 2. The highest BCUT2D eigenvalue weighted by Crippen LogP contribution is 2.44. The number of carboxylic acid groups (broad SMARTS) is 1. The van der Waals surface area contributed by atoms with Crippen LogP contribution in [0.3, 0.4) is 0 Å². The van der Waals surface area contributed by atoms with Crippen molar-refractivity contribution >= 4 is 35.4 Å². The smallest absolute Gasteiger partial charge is 0.290 e. The zero-order valence-electron chi connectivity index (χ0n) is 23.4. The van der Waals surface area contributed by atoms with Crippen LogP contribution in [0, 0.1) is 0 Å². The van der Waals surface area contributed by atoms with Crippen LogP contribution in [0.2, 0.25) is 10.0 Å². The molecule has 41 heavy (non-hydrogen) atoms. The van der Waals surface area contributed by atoms with Gasteiger partial charge in [0.1, 0.15) is 0 Å². The Morgan fingerprint density at radius 1 is 1.20 bits per heavy atom. The Labute approximate surface area is 251 Å². The van der Waals surface area contributed by atoms with Crippen LogP contribution in [0.25, 0.3) is 11.3 Å². The number of nitrogens with zero attached hydrogens (tertiary/aromatic N) is 4. The third kappa shape index (κ3) is 6.61. The number of fused-ring (bicyclic) bond motifs is 2. The van der Waals surface area contributed by atoms with Gasteiger partial charge in [-0.3, -0.25) is 14.7 Å². The Bertz CT molecular complexity index is 1340. The Balaban J connectivity index is 0.00000108. The summed E-state index contributed by atoms with van der Waals surface area (Å²) in [7, 11) is 0. The fourth-order valence-corrected chi connectivity index (χ4v) is 7.10. The maximum atomic E-state index is 8.36. The van der Waals surface area contributed by atoms with E-state index in [1.807, 2.05) is 31.2 Å². The third-order valence-electron chi connectivity index (χ3n) is 8.39. The molecule has 8 nitrogen and oxygen atoms in total. The van der Waals surface area contributed by atoms with Gasteiger partial charge in [-0.15, -0.1) is 0 Å². The second-order valence-corrected chi connectivity index (χ2v) is 11.8. The Kier molecular flexibility index (Phi) is 9.65. The predicted molar refractivity (Wildman–Crippen MR) is 163 cm³/mol. The van der Waals surface area contributed by atoms with Crippen LogP contribution in [-0.2, 0) is 16.8 Å². The minimum Gasteiger partial charge on any atom is -0.483 e. The maximum absolute atomic E-state index is 8.36. The molecule has 218 valence electrons. The van der Waals surface area contributed by atoms with Crippen LogP contribution in [-0.4, -0.2) is 71.8 Å². The first-order valence-corrected chi connectivity index (χ1v) is 15.0. The van der Waals surface area contributed by atoms with Crippen molar-refractivity contribution in [2.45, 2.75) is 50.6 Å². The van der Waals surface area contributed by atoms with Crippen LogP contribution in [0.1, 0.15) is 43.9 Å². The van der Waals surface area contributed by atoms with Crippen LogP contribution >= 0.6 is 23.2 Å². The predicted octanol–water partition coefficient (Wildman–Crippen LogP) is 5.66. The number of hydrogen-bond acceptors (Lipinski definition) is 7. The third-order valence-corrected chi connectivity index (χ3v) is 8.92. The lowest BCUT2D eigenvalue weighted by Crippen LogP contribution is -2.54. The molecule has 0 unspecified atom stereocenters. The highest BCUT2D eigenvalue weighted by atomic mass is 35.5. The number of carbonyl (C=O) groups is 1. The van der Waals surface area contributed by atoms with E-state index in [4.69, 9.17) is 42.8 Å². The molecule has 10 heteroatoms. The Hall–Kier alpha value is -2.91. The van der Waals surface area contributed by atoms with Gasteiger partial charge in [-0.1, -0.05) is 29.3 Å². The number of piperidine rings is 1. The SMILES string of the molecule is CCOc1ncccc1-c1ccc2c(n1)CN(C[C@H]1CCCN1)CC21CCN(c2ccc(Cl)cc2Cl)CC1.O=CO. The first kappa shape index (κ1) is 29.6. The van der Waals surface area contributed by atoms with Gasteiger partial charge in [0, 0.05) is 55.4 Å². The number of pyridine rings is 2. The number of anilines is 1. The van der Waals surface area contributed by atoms with E-state index in [0.717, 1.165) is 74.1 Å². The van der Waals surface area contributed by atoms with Gasteiger partial charge < -0.3 is 20.1 Å². The number of hydrogen-bond donors (Lipinski definition) is 2. The quantitative estimate of drug-likeness (QED) is 0.352. The van der Waals surface area contributed by atoms with E-state index < -0.39 is 0 Å². The maximum Gasteiger partial charge on any atom is 0.290 e. The fourth-order valence-electron chi connectivity index (χ4n) is 6.57. The summed E-state index contributed by atoms with van der Waals surface area (Å²) >= 11 is 12.8. The minimum absolute atomic E-state index is 0.0742. The van der Waals surface area contributed by atoms with Gasteiger partial charge in [-0.2, -0.15) is 0 Å².